The molecule has 0 saturated carbocycles. The lowest BCUT2D eigenvalue weighted by molar-refractivity contribution is 0.630. The van der Waals surface area contributed by atoms with Gasteiger partial charge in [-0.15, -0.1) is 0 Å². The maximum Gasteiger partial charge on any atom is 0.150 e. The molecule has 0 aliphatic heterocycles. The highest BCUT2D eigenvalue weighted by atomic mass is 35.5. The van der Waals surface area contributed by atoms with Crippen molar-refractivity contribution < 1.29 is 4.39 Å². The lowest BCUT2D eigenvalue weighted by Gasteiger charge is -2.00. The van der Waals surface area contributed by atoms with Gasteiger partial charge in [0.25, 0.3) is 0 Å². The molecule has 0 saturated heterocycles. The Morgan fingerprint density at radius 1 is 1.37 bits per heavy atom. The van der Waals surface area contributed by atoms with Gasteiger partial charge in [0.2, 0.25) is 0 Å². The van der Waals surface area contributed by atoms with E-state index in [1.165, 1.54) is 42.9 Å². The molecule has 7 heteroatoms. The van der Waals surface area contributed by atoms with E-state index in [9.17, 15) is 4.39 Å². The molecule has 2 aromatic rings. The molecule has 0 spiro atoms. The summed E-state index contributed by atoms with van der Waals surface area (Å²) in [5.41, 5.74) is 9.28. The van der Waals surface area contributed by atoms with Crippen LogP contribution in [0.5, 0.6) is 0 Å². The average molecular weight is 276 g/mol. The molecule has 5 nitrogen and oxygen atoms in total. The van der Waals surface area contributed by atoms with E-state index in [0.29, 0.717) is 11.3 Å². The number of benzene rings is 1. The van der Waals surface area contributed by atoms with Crippen molar-refractivity contribution in [2.45, 2.75) is 0 Å². The fraction of sp³-hybridized carbons (Fsp3) is 0. The first-order chi connectivity index (χ1) is 9.22. The Morgan fingerprint density at radius 2 is 2.21 bits per heavy atom. The smallest absolute Gasteiger partial charge is 0.150 e. The maximum absolute atomic E-state index is 13.5. The molecule has 0 atom stereocenters. The first kappa shape index (κ1) is 13.0. The van der Waals surface area contributed by atoms with Gasteiger partial charge in [0.15, 0.2) is 0 Å². The third-order valence-corrected chi connectivity index (χ3v) is 2.56. The molecule has 2 rings (SSSR count). The standard InChI is InChI=1S/C12H7ClFN5/c13-9-2-1-3-10(14)12(9)17-7-8-6-16-5-4-11(8)18-19-15/h1-7H/b17-7+. The fourth-order valence-electron chi connectivity index (χ4n) is 1.38. The molecule has 0 radical (unpaired) electrons. The molecule has 0 fully saturated rings. The van der Waals surface area contributed by atoms with Crippen LogP contribution in [0.25, 0.3) is 10.4 Å². The molecule has 1 aromatic carbocycles. The molecule has 94 valence electrons. The van der Waals surface area contributed by atoms with Gasteiger partial charge in [0.05, 0.1) is 5.02 Å². The van der Waals surface area contributed by atoms with Gasteiger partial charge in [-0.1, -0.05) is 22.8 Å². The second-order valence-corrected chi connectivity index (χ2v) is 3.86. The van der Waals surface area contributed by atoms with E-state index in [1.807, 2.05) is 0 Å². The van der Waals surface area contributed by atoms with Crippen molar-refractivity contribution in [2.24, 2.45) is 10.1 Å². The first-order valence-electron chi connectivity index (χ1n) is 5.19. The molecule has 1 aromatic heterocycles. The topological polar surface area (TPSA) is 74.0 Å². The summed E-state index contributed by atoms with van der Waals surface area (Å²) in [5.74, 6) is -0.530. The van der Waals surface area contributed by atoms with Crippen LogP contribution >= 0.6 is 11.6 Å². The van der Waals surface area contributed by atoms with Crippen LogP contribution in [0.1, 0.15) is 5.56 Å². The highest BCUT2D eigenvalue weighted by Crippen LogP contribution is 2.28. The van der Waals surface area contributed by atoms with E-state index in [4.69, 9.17) is 17.1 Å². The van der Waals surface area contributed by atoms with E-state index in [-0.39, 0.29) is 10.7 Å². The van der Waals surface area contributed by atoms with Gasteiger partial charge >= 0.3 is 0 Å². The minimum atomic E-state index is -0.530. The van der Waals surface area contributed by atoms with Gasteiger partial charge in [-0.05, 0) is 23.7 Å². The predicted octanol–water partition coefficient (Wildman–Crippen LogP) is 4.57. The van der Waals surface area contributed by atoms with Gasteiger partial charge in [0.1, 0.15) is 11.5 Å². The van der Waals surface area contributed by atoms with E-state index >= 15 is 0 Å². The molecule has 1 heterocycles. The van der Waals surface area contributed by atoms with Crippen LogP contribution in [0.2, 0.25) is 5.02 Å². The highest BCUT2D eigenvalue weighted by molar-refractivity contribution is 6.33. The Balaban J connectivity index is 2.41. The normalized spacial score (nSPS) is 10.4. The minimum absolute atomic E-state index is 0.0277. The molecule has 0 aliphatic rings. The van der Waals surface area contributed by atoms with Crippen LogP contribution < -0.4 is 0 Å². The summed E-state index contributed by atoms with van der Waals surface area (Å²) in [4.78, 5) is 10.5. The number of hydrogen-bond acceptors (Lipinski definition) is 3. The average Bonchev–Trinajstić information content (AvgIpc) is 2.40. The second-order valence-electron chi connectivity index (χ2n) is 3.45. The zero-order chi connectivity index (χ0) is 13.7. The molecular formula is C12H7ClFN5. The summed E-state index contributed by atoms with van der Waals surface area (Å²) in [6, 6.07) is 5.82. The lowest BCUT2D eigenvalue weighted by Crippen LogP contribution is -1.85. The number of pyridine rings is 1. The Bertz CT molecular complexity index is 659. The zero-order valence-corrected chi connectivity index (χ0v) is 10.3. The molecule has 0 amide bonds. The van der Waals surface area contributed by atoms with Crippen LogP contribution in [0.4, 0.5) is 15.8 Å². The monoisotopic (exact) mass is 275 g/mol. The van der Waals surface area contributed by atoms with Crippen molar-refractivity contribution in [2.75, 3.05) is 0 Å². The van der Waals surface area contributed by atoms with Gasteiger partial charge in [-0.25, -0.2) is 4.39 Å². The first-order valence-corrected chi connectivity index (χ1v) is 5.57. The Morgan fingerprint density at radius 3 is 2.95 bits per heavy atom. The minimum Gasteiger partial charge on any atom is -0.264 e. The number of para-hydroxylation sites is 1. The Labute approximate surface area is 113 Å². The molecule has 0 N–H and O–H groups in total. The number of aliphatic imine (C=N–C) groups is 1. The number of rotatable bonds is 3. The number of nitrogens with zero attached hydrogens (tertiary/aromatic N) is 5. The van der Waals surface area contributed by atoms with Crippen LogP contribution in [-0.4, -0.2) is 11.2 Å². The van der Waals surface area contributed by atoms with Crippen molar-refractivity contribution in [1.82, 2.24) is 4.98 Å². The molecule has 0 unspecified atom stereocenters. The highest BCUT2D eigenvalue weighted by Gasteiger charge is 2.04. The molecule has 0 bridgehead atoms. The summed E-state index contributed by atoms with van der Waals surface area (Å²) in [5, 5.41) is 3.69. The van der Waals surface area contributed by atoms with Crippen LogP contribution in [0, 0.1) is 5.82 Å². The van der Waals surface area contributed by atoms with Gasteiger partial charge in [-0.2, -0.15) is 0 Å². The predicted molar refractivity (Wildman–Crippen MR) is 71.7 cm³/mol. The largest absolute Gasteiger partial charge is 0.264 e. The molecular weight excluding hydrogens is 269 g/mol. The lowest BCUT2D eigenvalue weighted by atomic mass is 10.2. The summed E-state index contributed by atoms with van der Waals surface area (Å²) in [7, 11) is 0. The van der Waals surface area contributed by atoms with E-state index in [0.717, 1.165) is 0 Å². The van der Waals surface area contributed by atoms with E-state index in [1.54, 1.807) is 0 Å². The summed E-state index contributed by atoms with van der Waals surface area (Å²) in [6.45, 7) is 0. The van der Waals surface area contributed by atoms with Crippen molar-refractivity contribution in [3.63, 3.8) is 0 Å². The summed E-state index contributed by atoms with van der Waals surface area (Å²) < 4.78 is 13.5. The van der Waals surface area contributed by atoms with Crippen molar-refractivity contribution in [3.05, 3.63) is 63.5 Å². The van der Waals surface area contributed by atoms with E-state index < -0.39 is 5.82 Å². The molecule has 19 heavy (non-hydrogen) atoms. The van der Waals surface area contributed by atoms with Crippen LogP contribution in [-0.2, 0) is 0 Å². The SMILES string of the molecule is [N-]=[N+]=Nc1ccncc1/C=N/c1c(F)cccc1Cl. The Kier molecular flexibility index (Phi) is 4.07. The van der Waals surface area contributed by atoms with Gasteiger partial charge in [0, 0.05) is 34.8 Å². The third kappa shape index (κ3) is 3.07. The fourth-order valence-corrected chi connectivity index (χ4v) is 1.60. The summed E-state index contributed by atoms with van der Waals surface area (Å²) >= 11 is 5.85. The zero-order valence-electron chi connectivity index (χ0n) is 9.53. The van der Waals surface area contributed by atoms with Crippen LogP contribution in [0.15, 0.2) is 46.8 Å². The number of halogens is 2. The second kappa shape index (κ2) is 5.95. The third-order valence-electron chi connectivity index (χ3n) is 2.25. The Hall–Kier alpha value is -2.43. The van der Waals surface area contributed by atoms with E-state index in [2.05, 4.69) is 20.0 Å². The molecule has 0 aliphatic carbocycles. The maximum atomic E-state index is 13.5. The number of aromatic nitrogens is 1. The van der Waals surface area contributed by atoms with Crippen molar-refractivity contribution in [1.29, 1.82) is 0 Å². The number of azide groups is 1. The summed E-state index contributed by atoms with van der Waals surface area (Å²) in [6.07, 6.45) is 4.29. The van der Waals surface area contributed by atoms with Crippen molar-refractivity contribution in [3.8, 4) is 0 Å². The van der Waals surface area contributed by atoms with Gasteiger partial charge in [-0.3, -0.25) is 9.98 Å². The van der Waals surface area contributed by atoms with Crippen molar-refractivity contribution >= 4 is 29.2 Å². The van der Waals surface area contributed by atoms with Gasteiger partial charge < -0.3 is 0 Å². The number of hydrogen-bond donors (Lipinski definition) is 0. The quantitative estimate of drug-likeness (QED) is 0.350. The van der Waals surface area contributed by atoms with Crippen LogP contribution in [0.3, 0.4) is 0 Å².